The molecule has 0 bridgehead atoms. The van der Waals surface area contributed by atoms with Crippen molar-refractivity contribution in [3.8, 4) is 0 Å². The van der Waals surface area contributed by atoms with Crippen LogP contribution in [0, 0.1) is 0 Å². The summed E-state index contributed by atoms with van der Waals surface area (Å²) in [5.41, 5.74) is 3.16. The Kier molecular flexibility index (Phi) is 5.22. The molecule has 4 rings (SSSR count). The standard InChI is InChI=1S/C22H23N3O2S/c1-3-25-21(27)18-10-6-7-11-19(18)23-22(25)28-15(2)20(26)24-13-12-16-8-4-5-9-17(16)14-24/h4-11,15H,3,12-14H2,1-2H3/t15-/m1/s1. The van der Waals surface area contributed by atoms with Gasteiger partial charge in [-0.3, -0.25) is 14.2 Å². The molecule has 28 heavy (non-hydrogen) atoms. The van der Waals surface area contributed by atoms with E-state index in [1.54, 1.807) is 10.6 Å². The van der Waals surface area contributed by atoms with Crippen LogP contribution in [-0.4, -0.2) is 32.2 Å². The molecule has 1 atom stereocenters. The molecular formula is C22H23N3O2S. The largest absolute Gasteiger partial charge is 0.337 e. The van der Waals surface area contributed by atoms with E-state index in [9.17, 15) is 9.59 Å². The van der Waals surface area contributed by atoms with Gasteiger partial charge in [-0.15, -0.1) is 0 Å². The maximum atomic E-state index is 13.1. The van der Waals surface area contributed by atoms with Gasteiger partial charge in [0.25, 0.3) is 5.56 Å². The van der Waals surface area contributed by atoms with E-state index >= 15 is 0 Å². The molecule has 144 valence electrons. The minimum Gasteiger partial charge on any atom is -0.337 e. The molecule has 0 fully saturated rings. The number of para-hydroxylation sites is 1. The second-order valence-electron chi connectivity index (χ2n) is 7.00. The fourth-order valence-corrected chi connectivity index (χ4v) is 4.72. The quantitative estimate of drug-likeness (QED) is 0.503. The van der Waals surface area contributed by atoms with Crippen molar-refractivity contribution < 1.29 is 4.79 Å². The van der Waals surface area contributed by atoms with Crippen LogP contribution in [0.3, 0.4) is 0 Å². The number of amides is 1. The van der Waals surface area contributed by atoms with Crippen LogP contribution in [0.25, 0.3) is 10.9 Å². The van der Waals surface area contributed by atoms with Crippen LogP contribution in [0.4, 0.5) is 0 Å². The molecule has 1 aliphatic rings. The summed E-state index contributed by atoms with van der Waals surface area (Å²) in [6.45, 7) is 5.72. The lowest BCUT2D eigenvalue weighted by Gasteiger charge is -2.30. The Morgan fingerprint density at radius 1 is 1.14 bits per heavy atom. The van der Waals surface area contributed by atoms with Crippen LogP contribution in [0.5, 0.6) is 0 Å². The van der Waals surface area contributed by atoms with Gasteiger partial charge in [0, 0.05) is 19.6 Å². The zero-order valence-electron chi connectivity index (χ0n) is 16.1. The minimum atomic E-state index is -0.309. The topological polar surface area (TPSA) is 55.2 Å². The van der Waals surface area contributed by atoms with Crippen molar-refractivity contribution in [1.29, 1.82) is 0 Å². The zero-order chi connectivity index (χ0) is 19.7. The molecule has 1 aromatic heterocycles. The molecule has 0 spiro atoms. The van der Waals surface area contributed by atoms with Crippen molar-refractivity contribution in [3.63, 3.8) is 0 Å². The summed E-state index contributed by atoms with van der Waals surface area (Å²) in [6, 6.07) is 15.6. The molecule has 2 heterocycles. The van der Waals surface area contributed by atoms with E-state index in [2.05, 4.69) is 17.1 Å². The van der Waals surface area contributed by atoms with Crippen molar-refractivity contribution in [1.82, 2.24) is 14.5 Å². The van der Waals surface area contributed by atoms with Crippen LogP contribution in [0.2, 0.25) is 0 Å². The number of rotatable bonds is 4. The fourth-order valence-electron chi connectivity index (χ4n) is 3.67. The Balaban J connectivity index is 1.57. The second-order valence-corrected chi connectivity index (χ2v) is 8.31. The number of fused-ring (bicyclic) bond motifs is 2. The van der Waals surface area contributed by atoms with Gasteiger partial charge in [-0.2, -0.15) is 0 Å². The molecule has 6 heteroatoms. The van der Waals surface area contributed by atoms with Gasteiger partial charge in [0.2, 0.25) is 5.91 Å². The van der Waals surface area contributed by atoms with E-state index < -0.39 is 0 Å². The molecule has 0 unspecified atom stereocenters. The van der Waals surface area contributed by atoms with Gasteiger partial charge in [0.1, 0.15) is 0 Å². The van der Waals surface area contributed by atoms with Crippen LogP contribution in [0.15, 0.2) is 58.5 Å². The summed E-state index contributed by atoms with van der Waals surface area (Å²) in [4.78, 5) is 32.4. The number of carbonyl (C=O) groups excluding carboxylic acids is 1. The monoisotopic (exact) mass is 393 g/mol. The SMILES string of the molecule is CCn1c(S[C@H](C)C(=O)N2CCc3ccccc3C2)nc2ccccc2c1=O. The smallest absolute Gasteiger partial charge is 0.262 e. The molecule has 0 aliphatic carbocycles. The highest BCUT2D eigenvalue weighted by molar-refractivity contribution is 8.00. The summed E-state index contributed by atoms with van der Waals surface area (Å²) in [5.74, 6) is 0.0876. The molecule has 3 aromatic rings. The fraction of sp³-hybridized carbons (Fsp3) is 0.318. The third-order valence-corrected chi connectivity index (χ3v) is 6.29. The van der Waals surface area contributed by atoms with E-state index in [0.29, 0.717) is 29.1 Å². The van der Waals surface area contributed by atoms with E-state index in [4.69, 9.17) is 0 Å². The summed E-state index contributed by atoms with van der Waals surface area (Å²) < 4.78 is 1.66. The molecule has 2 aromatic carbocycles. The highest BCUT2D eigenvalue weighted by Gasteiger charge is 2.26. The number of nitrogens with zero attached hydrogens (tertiary/aromatic N) is 3. The Hall–Kier alpha value is -2.60. The van der Waals surface area contributed by atoms with E-state index in [-0.39, 0.29) is 16.7 Å². The lowest BCUT2D eigenvalue weighted by molar-refractivity contribution is -0.131. The first-order chi connectivity index (χ1) is 13.6. The van der Waals surface area contributed by atoms with Crippen molar-refractivity contribution in [2.75, 3.05) is 6.54 Å². The highest BCUT2D eigenvalue weighted by Crippen LogP contribution is 2.26. The van der Waals surface area contributed by atoms with E-state index in [1.807, 2.05) is 49.1 Å². The van der Waals surface area contributed by atoms with Crippen LogP contribution >= 0.6 is 11.8 Å². The molecule has 0 radical (unpaired) electrons. The van der Waals surface area contributed by atoms with Gasteiger partial charge in [0.15, 0.2) is 5.16 Å². The van der Waals surface area contributed by atoms with E-state index in [0.717, 1.165) is 13.0 Å². The molecular weight excluding hydrogens is 370 g/mol. The van der Waals surface area contributed by atoms with Gasteiger partial charge >= 0.3 is 0 Å². The van der Waals surface area contributed by atoms with Crippen molar-refractivity contribution >= 4 is 28.6 Å². The first-order valence-corrected chi connectivity index (χ1v) is 10.5. The average Bonchev–Trinajstić information content (AvgIpc) is 2.73. The van der Waals surface area contributed by atoms with E-state index in [1.165, 1.54) is 22.9 Å². The third-order valence-electron chi connectivity index (χ3n) is 5.22. The Bertz CT molecular complexity index is 1090. The lowest BCUT2D eigenvalue weighted by Crippen LogP contribution is -2.40. The van der Waals surface area contributed by atoms with Gasteiger partial charge < -0.3 is 4.90 Å². The van der Waals surface area contributed by atoms with Crippen LogP contribution in [0.1, 0.15) is 25.0 Å². The van der Waals surface area contributed by atoms with Crippen molar-refractivity contribution in [2.24, 2.45) is 0 Å². The molecule has 1 aliphatic heterocycles. The maximum Gasteiger partial charge on any atom is 0.262 e. The molecule has 0 saturated heterocycles. The van der Waals surface area contributed by atoms with Crippen molar-refractivity contribution in [3.05, 3.63) is 70.0 Å². The first-order valence-electron chi connectivity index (χ1n) is 9.60. The maximum absolute atomic E-state index is 13.1. The Morgan fingerprint density at radius 2 is 1.86 bits per heavy atom. The number of aromatic nitrogens is 2. The van der Waals surface area contributed by atoms with Crippen molar-refractivity contribution in [2.45, 2.75) is 43.8 Å². The molecule has 1 amide bonds. The number of hydrogen-bond acceptors (Lipinski definition) is 4. The van der Waals surface area contributed by atoms with Gasteiger partial charge in [-0.1, -0.05) is 48.2 Å². The predicted molar refractivity (Wildman–Crippen MR) is 113 cm³/mol. The zero-order valence-corrected chi connectivity index (χ0v) is 16.9. The van der Waals surface area contributed by atoms with Crippen LogP contribution < -0.4 is 5.56 Å². The molecule has 0 N–H and O–H groups in total. The number of benzene rings is 2. The number of carbonyl (C=O) groups is 1. The summed E-state index contributed by atoms with van der Waals surface area (Å²) >= 11 is 1.37. The lowest BCUT2D eigenvalue weighted by atomic mass is 10.00. The number of hydrogen-bond donors (Lipinski definition) is 0. The summed E-state index contributed by atoms with van der Waals surface area (Å²) in [7, 11) is 0. The molecule has 0 saturated carbocycles. The normalized spacial score (nSPS) is 14.7. The second kappa shape index (κ2) is 7.80. The van der Waals surface area contributed by atoms with Gasteiger partial charge in [-0.05, 0) is 43.5 Å². The van der Waals surface area contributed by atoms with Crippen LogP contribution in [-0.2, 0) is 24.3 Å². The highest BCUT2D eigenvalue weighted by atomic mass is 32.2. The number of thioether (sulfide) groups is 1. The van der Waals surface area contributed by atoms with Gasteiger partial charge in [-0.25, -0.2) is 4.98 Å². The third kappa shape index (κ3) is 3.44. The summed E-state index contributed by atoms with van der Waals surface area (Å²) in [5, 5.41) is 0.904. The Labute approximate surface area is 168 Å². The average molecular weight is 394 g/mol. The summed E-state index contributed by atoms with van der Waals surface area (Å²) in [6.07, 6.45) is 0.882. The minimum absolute atomic E-state index is 0.0536. The Morgan fingerprint density at radius 3 is 2.64 bits per heavy atom. The predicted octanol–water partition coefficient (Wildman–Crippen LogP) is 3.48. The molecule has 5 nitrogen and oxygen atoms in total. The first kappa shape index (κ1) is 18.7. The van der Waals surface area contributed by atoms with Gasteiger partial charge in [0.05, 0.1) is 16.2 Å².